The molecule has 0 bridgehead atoms. The Kier molecular flexibility index (Phi) is 8.71. The first kappa shape index (κ1) is 27.6. The highest BCUT2D eigenvalue weighted by molar-refractivity contribution is 7.92. The molecule has 2 amide bonds. The maximum absolute atomic E-state index is 14.4. The number of carbonyl (C=O) groups excluding carboxylic acids is 2. The standard InChI is InChI=1S/C24H31ClFN3O4S/c1-16-13-19(25)11-12-21(16)29(34(6,32)33)15-22(30)28(14-18-9-7-8-10-20(18)26)17(2)23(31)27-24(3,4)5/h7-13,17H,14-15H2,1-6H3,(H,27,31)/t17-/m0/s1. The predicted molar refractivity (Wildman–Crippen MR) is 133 cm³/mol. The molecule has 2 rings (SSSR count). The smallest absolute Gasteiger partial charge is 0.244 e. The van der Waals surface area contributed by atoms with Crippen LogP contribution in [0.25, 0.3) is 0 Å². The Bertz CT molecular complexity index is 1170. The zero-order chi connectivity index (χ0) is 25.8. The molecular formula is C24H31ClFN3O4S. The number of carbonyl (C=O) groups is 2. The fraction of sp³-hybridized carbons (Fsp3) is 0.417. The van der Waals surface area contributed by atoms with Gasteiger partial charge in [-0.3, -0.25) is 13.9 Å². The number of aryl methyl sites for hydroxylation is 1. The summed E-state index contributed by atoms with van der Waals surface area (Å²) >= 11 is 6.00. The minimum absolute atomic E-state index is 0.207. The van der Waals surface area contributed by atoms with Crippen LogP contribution in [0.3, 0.4) is 0 Å². The van der Waals surface area contributed by atoms with Gasteiger partial charge < -0.3 is 10.2 Å². The number of hydrogen-bond donors (Lipinski definition) is 1. The molecule has 2 aromatic rings. The van der Waals surface area contributed by atoms with Crippen LogP contribution in [0, 0.1) is 12.7 Å². The summed E-state index contributed by atoms with van der Waals surface area (Å²) in [5, 5.41) is 3.24. The summed E-state index contributed by atoms with van der Waals surface area (Å²) in [4.78, 5) is 27.5. The Hall–Kier alpha value is -2.65. The van der Waals surface area contributed by atoms with Crippen LogP contribution in [-0.2, 0) is 26.2 Å². The van der Waals surface area contributed by atoms with Crippen LogP contribution < -0.4 is 9.62 Å². The van der Waals surface area contributed by atoms with Gasteiger partial charge >= 0.3 is 0 Å². The van der Waals surface area contributed by atoms with Crippen molar-refractivity contribution in [1.29, 1.82) is 0 Å². The van der Waals surface area contributed by atoms with E-state index in [0.717, 1.165) is 10.6 Å². The predicted octanol–water partition coefficient (Wildman–Crippen LogP) is 3.89. The first-order valence-electron chi connectivity index (χ1n) is 10.7. The molecule has 0 fully saturated rings. The minimum atomic E-state index is -3.87. The van der Waals surface area contributed by atoms with Crippen LogP contribution in [0.15, 0.2) is 42.5 Å². The second kappa shape index (κ2) is 10.7. The van der Waals surface area contributed by atoms with E-state index < -0.39 is 45.8 Å². The molecule has 1 atom stereocenters. The van der Waals surface area contributed by atoms with Gasteiger partial charge in [-0.05, 0) is 64.4 Å². The molecule has 0 radical (unpaired) electrons. The third kappa shape index (κ3) is 7.43. The third-order valence-corrected chi connectivity index (χ3v) is 6.43. The van der Waals surface area contributed by atoms with Gasteiger partial charge in [0.2, 0.25) is 21.8 Å². The van der Waals surface area contributed by atoms with E-state index in [9.17, 15) is 22.4 Å². The van der Waals surface area contributed by atoms with Gasteiger partial charge in [-0.2, -0.15) is 0 Å². The summed E-state index contributed by atoms with van der Waals surface area (Å²) < 4.78 is 40.6. The summed E-state index contributed by atoms with van der Waals surface area (Å²) in [5.41, 5.74) is 0.500. The first-order valence-corrected chi connectivity index (χ1v) is 12.9. The molecule has 0 heterocycles. The average Bonchev–Trinajstić information content (AvgIpc) is 2.69. The van der Waals surface area contributed by atoms with E-state index in [1.54, 1.807) is 39.8 Å². The summed E-state index contributed by atoms with van der Waals surface area (Å²) in [6.07, 6.45) is 0.991. The van der Waals surface area contributed by atoms with Crippen LogP contribution in [0.5, 0.6) is 0 Å². The van der Waals surface area contributed by atoms with E-state index in [0.29, 0.717) is 10.6 Å². The van der Waals surface area contributed by atoms with E-state index >= 15 is 0 Å². The number of amides is 2. The zero-order valence-corrected chi connectivity index (χ0v) is 21.8. The lowest BCUT2D eigenvalue weighted by Crippen LogP contribution is -2.54. The Morgan fingerprint density at radius 3 is 2.29 bits per heavy atom. The molecule has 0 saturated carbocycles. The largest absolute Gasteiger partial charge is 0.350 e. The number of anilines is 1. The number of hydrogen-bond acceptors (Lipinski definition) is 4. The van der Waals surface area contributed by atoms with Gasteiger partial charge in [-0.15, -0.1) is 0 Å². The molecule has 1 N–H and O–H groups in total. The normalized spacial score (nSPS) is 12.7. The highest BCUT2D eigenvalue weighted by Gasteiger charge is 2.32. The molecule has 7 nitrogen and oxygen atoms in total. The van der Waals surface area contributed by atoms with Crippen molar-refractivity contribution < 1.29 is 22.4 Å². The van der Waals surface area contributed by atoms with Crippen LogP contribution in [0.1, 0.15) is 38.8 Å². The van der Waals surface area contributed by atoms with Crippen molar-refractivity contribution >= 4 is 39.1 Å². The van der Waals surface area contributed by atoms with Gasteiger partial charge in [-0.25, -0.2) is 12.8 Å². The SMILES string of the molecule is Cc1cc(Cl)ccc1N(CC(=O)N(Cc1ccccc1F)[C@@H](C)C(=O)NC(C)(C)C)S(C)(=O)=O. The van der Waals surface area contributed by atoms with Crippen molar-refractivity contribution in [3.05, 3.63) is 64.4 Å². The van der Waals surface area contributed by atoms with Crippen molar-refractivity contribution in [2.75, 3.05) is 17.1 Å². The molecule has 0 unspecified atom stereocenters. The molecule has 0 spiro atoms. The molecule has 0 aliphatic rings. The van der Waals surface area contributed by atoms with Crippen LogP contribution in [0.4, 0.5) is 10.1 Å². The number of nitrogens with one attached hydrogen (secondary N) is 1. The first-order chi connectivity index (χ1) is 15.6. The lowest BCUT2D eigenvalue weighted by molar-refractivity contribution is -0.140. The van der Waals surface area contributed by atoms with Gasteiger partial charge in [-0.1, -0.05) is 29.8 Å². The molecule has 34 heavy (non-hydrogen) atoms. The van der Waals surface area contributed by atoms with Crippen LogP contribution in [-0.4, -0.2) is 49.5 Å². The summed E-state index contributed by atoms with van der Waals surface area (Å²) in [5.74, 6) is -1.62. The lowest BCUT2D eigenvalue weighted by atomic mass is 10.1. The Balaban J connectivity index is 2.45. The number of sulfonamides is 1. The van der Waals surface area contributed by atoms with Crippen molar-refractivity contribution in [2.45, 2.75) is 52.7 Å². The molecule has 10 heteroatoms. The van der Waals surface area contributed by atoms with Crippen molar-refractivity contribution in [3.8, 4) is 0 Å². The topological polar surface area (TPSA) is 86.8 Å². The Morgan fingerprint density at radius 1 is 1.15 bits per heavy atom. The van der Waals surface area contributed by atoms with Gasteiger partial charge in [0.1, 0.15) is 18.4 Å². The lowest BCUT2D eigenvalue weighted by Gasteiger charge is -2.33. The molecule has 186 valence electrons. The molecule has 0 aliphatic carbocycles. The molecule has 0 saturated heterocycles. The second-order valence-electron chi connectivity index (χ2n) is 9.23. The van der Waals surface area contributed by atoms with Crippen molar-refractivity contribution in [2.24, 2.45) is 0 Å². The highest BCUT2D eigenvalue weighted by Crippen LogP contribution is 2.26. The molecule has 2 aromatic carbocycles. The van der Waals surface area contributed by atoms with E-state index in [1.807, 2.05) is 0 Å². The van der Waals surface area contributed by atoms with Crippen molar-refractivity contribution in [1.82, 2.24) is 10.2 Å². The fourth-order valence-electron chi connectivity index (χ4n) is 3.36. The number of nitrogens with zero attached hydrogens (tertiary/aromatic N) is 2. The van der Waals surface area contributed by atoms with E-state index in [-0.39, 0.29) is 17.8 Å². The van der Waals surface area contributed by atoms with E-state index in [2.05, 4.69) is 5.32 Å². The van der Waals surface area contributed by atoms with Gasteiger partial charge in [0.05, 0.1) is 11.9 Å². The van der Waals surface area contributed by atoms with Gasteiger partial charge in [0.15, 0.2) is 0 Å². The van der Waals surface area contributed by atoms with Gasteiger partial charge in [0, 0.05) is 22.7 Å². The number of rotatable bonds is 8. The summed E-state index contributed by atoms with van der Waals surface area (Å²) in [6, 6.07) is 9.58. The van der Waals surface area contributed by atoms with E-state index in [1.165, 1.54) is 42.2 Å². The van der Waals surface area contributed by atoms with E-state index in [4.69, 9.17) is 11.6 Å². The summed E-state index contributed by atoms with van der Waals surface area (Å²) in [6.45, 7) is 7.84. The minimum Gasteiger partial charge on any atom is -0.350 e. The average molecular weight is 512 g/mol. The van der Waals surface area contributed by atoms with Crippen molar-refractivity contribution in [3.63, 3.8) is 0 Å². The molecular weight excluding hydrogens is 481 g/mol. The number of halogens is 2. The monoisotopic (exact) mass is 511 g/mol. The quantitative estimate of drug-likeness (QED) is 0.582. The zero-order valence-electron chi connectivity index (χ0n) is 20.2. The fourth-order valence-corrected chi connectivity index (χ4v) is 4.49. The highest BCUT2D eigenvalue weighted by atomic mass is 35.5. The second-order valence-corrected chi connectivity index (χ2v) is 11.6. The Labute approximate surface area is 205 Å². The van der Waals surface area contributed by atoms with Crippen LogP contribution in [0.2, 0.25) is 5.02 Å². The molecule has 0 aliphatic heterocycles. The van der Waals surface area contributed by atoms with Gasteiger partial charge in [0.25, 0.3) is 0 Å². The Morgan fingerprint density at radius 2 is 1.76 bits per heavy atom. The molecule has 0 aromatic heterocycles. The summed E-state index contributed by atoms with van der Waals surface area (Å²) in [7, 11) is -3.87. The maximum Gasteiger partial charge on any atom is 0.244 e. The van der Waals surface area contributed by atoms with Crippen LogP contribution >= 0.6 is 11.6 Å². The number of benzene rings is 2. The third-order valence-electron chi connectivity index (χ3n) is 5.07. The maximum atomic E-state index is 14.4.